The van der Waals surface area contributed by atoms with Crippen molar-refractivity contribution in [1.29, 1.82) is 0 Å². The lowest BCUT2D eigenvalue weighted by molar-refractivity contribution is -0.385. The summed E-state index contributed by atoms with van der Waals surface area (Å²) >= 11 is 5.68. The molecule has 0 unspecified atom stereocenters. The molecule has 10 heteroatoms. The molecule has 0 aliphatic rings. The number of hydrogen-bond acceptors (Lipinski definition) is 6. The molecular weight excluding hydrogens is 366 g/mol. The highest BCUT2D eigenvalue weighted by Gasteiger charge is 2.23. The van der Waals surface area contributed by atoms with Gasteiger partial charge < -0.3 is 14.5 Å². The van der Waals surface area contributed by atoms with Crippen molar-refractivity contribution in [3.8, 4) is 0 Å². The summed E-state index contributed by atoms with van der Waals surface area (Å²) in [5.74, 6) is -1.86. The average molecular weight is 386 g/mol. The van der Waals surface area contributed by atoms with Crippen molar-refractivity contribution in [2.75, 3.05) is 33.3 Å². The molecule has 0 bridgehead atoms. The van der Waals surface area contributed by atoms with E-state index < -0.39 is 29.1 Å². The Hall–Kier alpha value is -2.68. The predicted molar refractivity (Wildman–Crippen MR) is 94.0 cm³/mol. The first kappa shape index (κ1) is 21.4. The van der Waals surface area contributed by atoms with Crippen LogP contribution in [0.2, 0.25) is 5.02 Å². The van der Waals surface area contributed by atoms with Crippen LogP contribution in [0.15, 0.2) is 18.2 Å². The van der Waals surface area contributed by atoms with Crippen LogP contribution in [-0.2, 0) is 14.3 Å². The summed E-state index contributed by atoms with van der Waals surface area (Å²) in [5.41, 5.74) is -0.825. The number of carbonyl (C=O) groups is 3. The third-order valence-electron chi connectivity index (χ3n) is 3.62. The van der Waals surface area contributed by atoms with E-state index in [4.69, 9.17) is 16.3 Å². The lowest BCUT2D eigenvalue weighted by atomic mass is 10.2. The Morgan fingerprint density at radius 1 is 1.19 bits per heavy atom. The third-order valence-corrected chi connectivity index (χ3v) is 3.85. The van der Waals surface area contributed by atoms with Crippen molar-refractivity contribution in [3.63, 3.8) is 0 Å². The molecule has 0 saturated heterocycles. The Morgan fingerprint density at radius 3 is 2.35 bits per heavy atom. The molecule has 0 aliphatic heterocycles. The first-order valence-electron chi connectivity index (χ1n) is 7.84. The number of ether oxygens (including phenoxy) is 1. The van der Waals surface area contributed by atoms with E-state index in [9.17, 15) is 24.5 Å². The van der Waals surface area contributed by atoms with Gasteiger partial charge in [-0.3, -0.25) is 19.7 Å². The van der Waals surface area contributed by atoms with Gasteiger partial charge in [-0.1, -0.05) is 11.6 Å². The van der Waals surface area contributed by atoms with Crippen molar-refractivity contribution in [3.05, 3.63) is 38.9 Å². The van der Waals surface area contributed by atoms with E-state index in [0.29, 0.717) is 13.1 Å². The van der Waals surface area contributed by atoms with Gasteiger partial charge >= 0.3 is 5.97 Å². The lowest BCUT2D eigenvalue weighted by Crippen LogP contribution is -2.42. The van der Waals surface area contributed by atoms with Gasteiger partial charge in [0, 0.05) is 31.2 Å². The molecule has 26 heavy (non-hydrogen) atoms. The minimum atomic E-state index is -1.02. The molecule has 9 nitrogen and oxygen atoms in total. The van der Waals surface area contributed by atoms with E-state index in [-0.39, 0.29) is 23.0 Å². The molecule has 0 heterocycles. The molecule has 0 radical (unpaired) electrons. The lowest BCUT2D eigenvalue weighted by Gasteiger charge is -2.23. The second kappa shape index (κ2) is 9.71. The molecule has 1 aromatic carbocycles. The topological polar surface area (TPSA) is 110 Å². The molecule has 0 spiro atoms. The van der Waals surface area contributed by atoms with Crippen molar-refractivity contribution in [2.24, 2.45) is 0 Å². The summed E-state index contributed by atoms with van der Waals surface area (Å²) < 4.78 is 4.83. The van der Waals surface area contributed by atoms with Gasteiger partial charge in [0.1, 0.15) is 5.56 Å². The molecule has 1 rings (SSSR count). The summed E-state index contributed by atoms with van der Waals surface area (Å²) in [5, 5.41) is 11.1. The molecule has 0 saturated carbocycles. The maximum atomic E-state index is 12.0. The number of esters is 1. The Morgan fingerprint density at radius 2 is 1.81 bits per heavy atom. The van der Waals surface area contributed by atoms with E-state index >= 15 is 0 Å². The van der Waals surface area contributed by atoms with Crippen molar-refractivity contribution < 1.29 is 24.0 Å². The normalized spacial score (nSPS) is 10.2. The highest BCUT2D eigenvalue weighted by Crippen LogP contribution is 2.23. The number of nitro benzene ring substituents is 1. The highest BCUT2D eigenvalue weighted by molar-refractivity contribution is 6.31. The minimum Gasteiger partial charge on any atom is -0.452 e. The van der Waals surface area contributed by atoms with Crippen LogP contribution < -0.4 is 0 Å². The van der Waals surface area contributed by atoms with Crippen LogP contribution in [-0.4, -0.2) is 65.8 Å². The van der Waals surface area contributed by atoms with Crippen LogP contribution in [0.25, 0.3) is 0 Å². The Labute approximate surface area is 155 Å². The van der Waals surface area contributed by atoms with Crippen molar-refractivity contribution in [1.82, 2.24) is 9.80 Å². The van der Waals surface area contributed by atoms with Crippen molar-refractivity contribution in [2.45, 2.75) is 13.8 Å². The van der Waals surface area contributed by atoms with E-state index in [1.54, 1.807) is 4.90 Å². The molecule has 0 atom stereocenters. The van der Waals surface area contributed by atoms with Crippen LogP contribution in [0.5, 0.6) is 0 Å². The summed E-state index contributed by atoms with van der Waals surface area (Å²) in [7, 11) is 1.41. The SMILES string of the molecule is CCN(CC)C(=O)CN(C)C(=O)COC(=O)c1ccc(Cl)cc1[N+](=O)[O-]. The largest absolute Gasteiger partial charge is 0.452 e. The highest BCUT2D eigenvalue weighted by atomic mass is 35.5. The van der Waals surface area contributed by atoms with Gasteiger partial charge in [-0.25, -0.2) is 4.79 Å². The summed E-state index contributed by atoms with van der Waals surface area (Å²) in [6, 6.07) is 3.48. The summed E-state index contributed by atoms with van der Waals surface area (Å²) in [6.45, 7) is 3.90. The zero-order valence-electron chi connectivity index (χ0n) is 14.7. The average Bonchev–Trinajstić information content (AvgIpc) is 2.60. The molecule has 142 valence electrons. The second-order valence-electron chi connectivity index (χ2n) is 5.31. The Kier molecular flexibility index (Phi) is 7.98. The minimum absolute atomic E-state index is 0.0963. The van der Waals surface area contributed by atoms with E-state index in [1.807, 2.05) is 13.8 Å². The molecule has 0 N–H and O–H groups in total. The number of carbonyl (C=O) groups excluding carboxylic acids is 3. The summed E-state index contributed by atoms with van der Waals surface area (Å²) in [6.07, 6.45) is 0. The fraction of sp³-hybridized carbons (Fsp3) is 0.438. The van der Waals surface area contributed by atoms with Crippen LogP contribution >= 0.6 is 11.6 Å². The molecule has 2 amide bonds. The molecule has 0 fully saturated rings. The fourth-order valence-corrected chi connectivity index (χ4v) is 2.28. The van der Waals surface area contributed by atoms with Gasteiger partial charge in [0.15, 0.2) is 6.61 Å². The number of halogens is 1. The zero-order valence-corrected chi connectivity index (χ0v) is 15.5. The number of hydrogen-bond donors (Lipinski definition) is 0. The first-order chi connectivity index (χ1) is 12.2. The van der Waals surface area contributed by atoms with Crippen LogP contribution in [0, 0.1) is 10.1 Å². The first-order valence-corrected chi connectivity index (χ1v) is 8.21. The van der Waals surface area contributed by atoms with Crippen LogP contribution in [0.1, 0.15) is 24.2 Å². The second-order valence-corrected chi connectivity index (χ2v) is 5.75. The Balaban J connectivity index is 2.69. The number of likely N-dealkylation sites (N-methyl/N-ethyl adjacent to an activating group) is 2. The number of rotatable bonds is 8. The Bertz CT molecular complexity index is 705. The van der Waals surface area contributed by atoms with Crippen LogP contribution in [0.4, 0.5) is 5.69 Å². The summed E-state index contributed by atoms with van der Waals surface area (Å²) in [4.78, 5) is 48.9. The molecule has 0 aromatic heterocycles. The maximum Gasteiger partial charge on any atom is 0.345 e. The molecule has 0 aliphatic carbocycles. The quantitative estimate of drug-likeness (QED) is 0.383. The monoisotopic (exact) mass is 385 g/mol. The number of amides is 2. The van der Waals surface area contributed by atoms with E-state index in [1.165, 1.54) is 13.1 Å². The van der Waals surface area contributed by atoms with E-state index in [2.05, 4.69) is 0 Å². The maximum absolute atomic E-state index is 12.0. The third kappa shape index (κ3) is 5.69. The van der Waals surface area contributed by atoms with Gasteiger partial charge in [0.2, 0.25) is 5.91 Å². The number of benzene rings is 1. The van der Waals surface area contributed by atoms with Gasteiger partial charge in [0.25, 0.3) is 11.6 Å². The van der Waals surface area contributed by atoms with Gasteiger partial charge in [-0.2, -0.15) is 0 Å². The van der Waals surface area contributed by atoms with Gasteiger partial charge in [-0.05, 0) is 26.0 Å². The number of nitrogens with zero attached hydrogens (tertiary/aromatic N) is 3. The van der Waals surface area contributed by atoms with Crippen molar-refractivity contribution >= 4 is 35.1 Å². The predicted octanol–water partition coefficient (Wildman–Crippen LogP) is 1.73. The molecule has 1 aromatic rings. The van der Waals surface area contributed by atoms with Gasteiger partial charge in [-0.15, -0.1) is 0 Å². The van der Waals surface area contributed by atoms with E-state index in [0.717, 1.165) is 17.0 Å². The molecular formula is C16H20ClN3O6. The standard InChI is InChI=1S/C16H20ClN3O6/c1-4-19(5-2)14(21)9-18(3)15(22)10-26-16(23)12-7-6-11(17)8-13(12)20(24)25/h6-8H,4-5,9-10H2,1-3H3. The number of nitro groups is 1. The van der Waals surface area contributed by atoms with Crippen LogP contribution in [0.3, 0.4) is 0 Å². The fourth-order valence-electron chi connectivity index (χ4n) is 2.11. The zero-order chi connectivity index (χ0) is 19.9. The van der Waals surface area contributed by atoms with Gasteiger partial charge in [0.05, 0.1) is 11.5 Å². The smallest absolute Gasteiger partial charge is 0.345 e.